The second kappa shape index (κ2) is 10.2. The molecule has 3 aromatic rings. The normalized spacial score (nSPS) is 11.4. The lowest BCUT2D eigenvalue weighted by molar-refractivity contribution is 0.301. The van der Waals surface area contributed by atoms with Gasteiger partial charge in [0.25, 0.3) is 0 Å². The quantitative estimate of drug-likeness (QED) is 0.435. The van der Waals surface area contributed by atoms with Crippen LogP contribution in [0.15, 0.2) is 59.7 Å². The zero-order chi connectivity index (χ0) is 20.6. The number of aliphatic imine (C=N–C) groups is 1. The fraction of sp³-hybridized carbons (Fsp3) is 0.238. The number of guanidine groups is 1. The predicted octanol–water partition coefficient (Wildman–Crippen LogP) is 4.17. The van der Waals surface area contributed by atoms with Crippen LogP contribution in [-0.4, -0.2) is 22.6 Å². The molecule has 0 saturated heterocycles. The molecule has 0 bridgehead atoms. The highest BCUT2D eigenvalue weighted by molar-refractivity contribution is 6.41. The van der Waals surface area contributed by atoms with Crippen molar-refractivity contribution in [3.63, 3.8) is 0 Å². The van der Waals surface area contributed by atoms with Crippen molar-refractivity contribution >= 4 is 29.2 Å². The van der Waals surface area contributed by atoms with Gasteiger partial charge in [-0.15, -0.1) is 0 Å². The van der Waals surface area contributed by atoms with Crippen LogP contribution < -0.4 is 15.4 Å². The minimum absolute atomic E-state index is 0.447. The summed E-state index contributed by atoms with van der Waals surface area (Å²) in [6.07, 6.45) is 1.76. The van der Waals surface area contributed by atoms with Gasteiger partial charge in [0.1, 0.15) is 17.5 Å². The van der Waals surface area contributed by atoms with E-state index < -0.39 is 0 Å². The molecule has 0 aliphatic carbocycles. The second-order valence-electron chi connectivity index (χ2n) is 6.37. The van der Waals surface area contributed by atoms with Crippen LogP contribution in [0.25, 0.3) is 0 Å². The van der Waals surface area contributed by atoms with Gasteiger partial charge in [-0.25, -0.2) is 0 Å². The van der Waals surface area contributed by atoms with E-state index >= 15 is 0 Å². The van der Waals surface area contributed by atoms with E-state index in [0.29, 0.717) is 35.8 Å². The molecule has 0 aliphatic rings. The van der Waals surface area contributed by atoms with Crippen molar-refractivity contribution in [2.24, 2.45) is 12.0 Å². The van der Waals surface area contributed by atoms with Crippen molar-refractivity contribution in [3.8, 4) is 5.75 Å². The van der Waals surface area contributed by atoms with Gasteiger partial charge in [0.2, 0.25) is 0 Å². The van der Waals surface area contributed by atoms with Gasteiger partial charge in [0, 0.05) is 32.5 Å². The van der Waals surface area contributed by atoms with Gasteiger partial charge in [0.15, 0.2) is 5.96 Å². The number of nitrogens with zero attached hydrogens (tertiary/aromatic N) is 3. The molecule has 0 saturated carbocycles. The van der Waals surface area contributed by atoms with Gasteiger partial charge in [-0.05, 0) is 35.9 Å². The zero-order valence-corrected chi connectivity index (χ0v) is 17.8. The van der Waals surface area contributed by atoms with Crippen LogP contribution in [0.5, 0.6) is 5.75 Å². The van der Waals surface area contributed by atoms with Gasteiger partial charge in [-0.2, -0.15) is 0 Å². The highest BCUT2D eigenvalue weighted by Gasteiger charge is 2.09. The van der Waals surface area contributed by atoms with Gasteiger partial charge in [0.05, 0.1) is 17.3 Å². The highest BCUT2D eigenvalue weighted by Crippen LogP contribution is 2.24. The molecule has 1 aromatic carbocycles. The third kappa shape index (κ3) is 5.89. The van der Waals surface area contributed by atoms with Gasteiger partial charge in [-0.1, -0.05) is 41.4 Å². The molecule has 0 spiro atoms. The van der Waals surface area contributed by atoms with Crippen LogP contribution >= 0.6 is 23.2 Å². The molecule has 0 radical (unpaired) electrons. The van der Waals surface area contributed by atoms with Crippen molar-refractivity contribution in [3.05, 3.63) is 81.9 Å². The Bertz CT molecular complexity index is 955. The molecule has 8 heteroatoms. The van der Waals surface area contributed by atoms with E-state index in [2.05, 4.69) is 20.6 Å². The van der Waals surface area contributed by atoms with E-state index in [4.69, 9.17) is 27.9 Å². The molecule has 152 valence electrons. The fourth-order valence-electron chi connectivity index (χ4n) is 2.68. The van der Waals surface area contributed by atoms with E-state index in [-0.39, 0.29) is 0 Å². The number of benzene rings is 1. The topological polar surface area (TPSA) is 63.5 Å². The Hall–Kier alpha value is -2.70. The summed E-state index contributed by atoms with van der Waals surface area (Å²) in [5.74, 6) is 1.49. The van der Waals surface area contributed by atoms with E-state index in [1.807, 2.05) is 60.1 Å². The van der Waals surface area contributed by atoms with E-state index in [1.54, 1.807) is 13.2 Å². The maximum Gasteiger partial charge on any atom is 0.191 e. The third-order valence-corrected chi connectivity index (χ3v) is 5.21. The highest BCUT2D eigenvalue weighted by atomic mass is 35.5. The Morgan fingerprint density at radius 2 is 1.86 bits per heavy atom. The Kier molecular flexibility index (Phi) is 7.38. The molecule has 2 N–H and O–H groups in total. The summed E-state index contributed by atoms with van der Waals surface area (Å²) in [4.78, 5) is 8.49. The van der Waals surface area contributed by atoms with Crippen molar-refractivity contribution in [1.29, 1.82) is 0 Å². The van der Waals surface area contributed by atoms with Crippen molar-refractivity contribution in [1.82, 2.24) is 20.2 Å². The first-order valence-corrected chi connectivity index (χ1v) is 9.88. The van der Waals surface area contributed by atoms with Crippen LogP contribution in [0.3, 0.4) is 0 Å². The molecule has 2 heterocycles. The van der Waals surface area contributed by atoms with Crippen molar-refractivity contribution in [2.75, 3.05) is 7.05 Å². The lowest BCUT2D eigenvalue weighted by Crippen LogP contribution is -2.36. The molecule has 29 heavy (non-hydrogen) atoms. The summed E-state index contributed by atoms with van der Waals surface area (Å²) in [5.41, 5.74) is 2.98. The predicted molar refractivity (Wildman–Crippen MR) is 117 cm³/mol. The van der Waals surface area contributed by atoms with Crippen molar-refractivity contribution in [2.45, 2.75) is 19.7 Å². The second-order valence-corrected chi connectivity index (χ2v) is 7.13. The summed E-state index contributed by atoms with van der Waals surface area (Å²) in [5, 5.41) is 7.61. The third-order valence-electron chi connectivity index (χ3n) is 4.37. The van der Waals surface area contributed by atoms with Crippen LogP contribution in [0.2, 0.25) is 10.2 Å². The van der Waals surface area contributed by atoms with E-state index in [0.717, 1.165) is 22.7 Å². The first kappa shape index (κ1) is 21.0. The van der Waals surface area contributed by atoms with Gasteiger partial charge >= 0.3 is 0 Å². The van der Waals surface area contributed by atoms with Crippen molar-refractivity contribution < 1.29 is 4.74 Å². The number of halogens is 2. The minimum Gasteiger partial charge on any atom is -0.487 e. The minimum atomic E-state index is 0.447. The van der Waals surface area contributed by atoms with E-state index in [9.17, 15) is 0 Å². The Balaban J connectivity index is 1.47. The molecule has 0 atom stereocenters. The molecule has 0 unspecified atom stereocenters. The summed E-state index contributed by atoms with van der Waals surface area (Å²) in [7, 11) is 3.60. The molecule has 0 amide bonds. The maximum absolute atomic E-state index is 6.10. The average molecular weight is 432 g/mol. The number of ether oxygens (including phenoxy) is 1. The average Bonchev–Trinajstić information content (AvgIpc) is 3.00. The molecule has 6 nitrogen and oxygen atoms in total. The van der Waals surface area contributed by atoms with Crippen LogP contribution in [0.4, 0.5) is 0 Å². The summed E-state index contributed by atoms with van der Waals surface area (Å²) < 4.78 is 7.60. The number of pyridine rings is 1. The van der Waals surface area contributed by atoms with E-state index in [1.165, 1.54) is 0 Å². The SMILES string of the molecule is CN=C(NCc1ccc(OCc2ccccn2)cc1)NCc1cc(Cl)c(Cl)n1C. The number of hydrogen-bond acceptors (Lipinski definition) is 3. The largest absolute Gasteiger partial charge is 0.487 e. The molecular weight excluding hydrogens is 409 g/mol. The Morgan fingerprint density at radius 3 is 2.48 bits per heavy atom. The van der Waals surface area contributed by atoms with Crippen LogP contribution in [-0.2, 0) is 26.7 Å². The number of aromatic nitrogens is 2. The first-order valence-electron chi connectivity index (χ1n) is 9.12. The molecule has 3 rings (SSSR count). The molecule has 0 aliphatic heterocycles. The Morgan fingerprint density at radius 1 is 1.10 bits per heavy atom. The molecular formula is C21H23Cl2N5O. The monoisotopic (exact) mass is 431 g/mol. The lowest BCUT2D eigenvalue weighted by Gasteiger charge is -2.13. The first-order chi connectivity index (χ1) is 14.1. The number of rotatable bonds is 7. The molecule has 2 aromatic heterocycles. The van der Waals surface area contributed by atoms with Gasteiger partial charge in [-0.3, -0.25) is 9.98 Å². The Labute approximate surface area is 180 Å². The van der Waals surface area contributed by atoms with Crippen LogP contribution in [0, 0.1) is 0 Å². The standard InChI is InChI=1S/C21H23Cl2N5O/c1-24-21(27-13-17-11-19(22)20(23)28(17)2)26-12-15-6-8-18(9-7-15)29-14-16-5-3-4-10-25-16/h3-11H,12-14H2,1-2H3,(H2,24,26,27). The summed E-state index contributed by atoms with van der Waals surface area (Å²) >= 11 is 12.2. The maximum atomic E-state index is 6.10. The summed E-state index contributed by atoms with van der Waals surface area (Å²) in [6.45, 7) is 1.64. The smallest absolute Gasteiger partial charge is 0.191 e. The van der Waals surface area contributed by atoms with Crippen LogP contribution in [0.1, 0.15) is 17.0 Å². The zero-order valence-electron chi connectivity index (χ0n) is 16.3. The van der Waals surface area contributed by atoms with Gasteiger partial charge < -0.3 is 19.9 Å². The number of hydrogen-bond donors (Lipinski definition) is 2. The molecule has 0 fully saturated rings. The fourth-order valence-corrected chi connectivity index (χ4v) is 3.10. The number of nitrogens with one attached hydrogen (secondary N) is 2. The lowest BCUT2D eigenvalue weighted by atomic mass is 10.2. The summed E-state index contributed by atoms with van der Waals surface area (Å²) in [6, 6.07) is 15.5.